The molecule has 2 heterocycles. The van der Waals surface area contributed by atoms with Crippen molar-refractivity contribution in [2.75, 3.05) is 6.61 Å². The van der Waals surface area contributed by atoms with E-state index < -0.39 is 66.3 Å². The summed E-state index contributed by atoms with van der Waals surface area (Å²) in [4.78, 5) is 50.4. The molecule has 1 aliphatic heterocycles. The highest BCUT2D eigenvalue weighted by atomic mass is 19.1. The van der Waals surface area contributed by atoms with E-state index in [1.807, 2.05) is 6.07 Å². The third-order valence-electron chi connectivity index (χ3n) is 6.00. The minimum atomic E-state index is -1.71. The van der Waals surface area contributed by atoms with E-state index in [4.69, 9.17) is 14.2 Å². The first-order valence-corrected chi connectivity index (χ1v) is 11.9. The first kappa shape index (κ1) is 27.7. The molecule has 1 saturated heterocycles. The molecule has 1 fully saturated rings. The molecule has 2 aromatic carbocycles. The van der Waals surface area contributed by atoms with Gasteiger partial charge in [0.15, 0.2) is 6.23 Å². The summed E-state index contributed by atoms with van der Waals surface area (Å²) >= 11 is 0. The lowest BCUT2D eigenvalue weighted by molar-refractivity contribution is -0.152. The number of carbonyl (C=O) groups excluding carboxylic acids is 2. The highest BCUT2D eigenvalue weighted by Crippen LogP contribution is 2.28. The van der Waals surface area contributed by atoms with E-state index in [-0.39, 0.29) is 13.0 Å². The largest absolute Gasteiger partial charge is 0.461 e. The summed E-state index contributed by atoms with van der Waals surface area (Å²) in [5, 5.41) is 23.2. The topological polar surface area (TPSA) is 169 Å². The molecule has 0 spiro atoms. The van der Waals surface area contributed by atoms with Crippen molar-refractivity contribution in [3.8, 4) is 0 Å². The fourth-order valence-electron chi connectivity index (χ4n) is 3.96. The van der Waals surface area contributed by atoms with Crippen molar-refractivity contribution in [1.82, 2.24) is 14.9 Å². The van der Waals surface area contributed by atoms with Gasteiger partial charge in [-0.1, -0.05) is 60.7 Å². The van der Waals surface area contributed by atoms with Gasteiger partial charge in [-0.3, -0.25) is 14.3 Å². The second kappa shape index (κ2) is 12.5. The number of nitrogens with zero attached hydrogens (tertiary/aromatic N) is 1. The minimum Gasteiger partial charge on any atom is -0.461 e. The number of aliphatic hydroxyl groups is 2. The van der Waals surface area contributed by atoms with Gasteiger partial charge in [0.05, 0.1) is 6.20 Å². The van der Waals surface area contributed by atoms with Crippen LogP contribution >= 0.6 is 0 Å². The SMILES string of the molecule is O=C(N[C@@H](Cc1ccccc1)C(=O)OC[C@@H]1O[C@H](n2cc(F)c(=O)[nH]c2=O)C(O)C1O)OCc1ccccc1. The number of carbonyl (C=O) groups is 2. The number of aromatic nitrogens is 2. The highest BCUT2D eigenvalue weighted by Gasteiger charge is 2.45. The standard InChI is InChI=1S/C26H26FN3O9/c27-17-12-30(25(35)29-22(17)33)23-21(32)20(31)19(39-23)14-37-24(34)18(11-15-7-3-1-4-8-15)28-26(36)38-13-16-9-5-2-6-10-16/h1-10,12,18-21,23,31-32H,11,13-14H2,(H,28,36)(H,29,33,35)/t18-,19-,20?,21?,23-/m0/s1. The lowest BCUT2D eigenvalue weighted by Gasteiger charge is -2.20. The molecule has 0 aliphatic carbocycles. The first-order chi connectivity index (χ1) is 18.7. The fourth-order valence-corrected chi connectivity index (χ4v) is 3.96. The van der Waals surface area contributed by atoms with E-state index in [0.717, 1.165) is 11.1 Å². The van der Waals surface area contributed by atoms with E-state index in [1.165, 1.54) is 0 Å². The molecule has 206 valence electrons. The van der Waals surface area contributed by atoms with Gasteiger partial charge in [-0.25, -0.2) is 14.4 Å². The number of hydrogen-bond donors (Lipinski definition) is 4. The first-order valence-electron chi connectivity index (χ1n) is 11.9. The number of halogens is 1. The summed E-state index contributed by atoms with van der Waals surface area (Å²) in [6, 6.07) is 16.6. The van der Waals surface area contributed by atoms with Gasteiger partial charge >= 0.3 is 17.8 Å². The van der Waals surface area contributed by atoms with Gasteiger partial charge < -0.3 is 29.7 Å². The van der Waals surface area contributed by atoms with Gasteiger partial charge in [0, 0.05) is 6.42 Å². The van der Waals surface area contributed by atoms with Gasteiger partial charge in [-0.2, -0.15) is 4.39 Å². The summed E-state index contributed by atoms with van der Waals surface area (Å²) < 4.78 is 30.2. The molecule has 1 aliphatic rings. The maximum absolute atomic E-state index is 13.7. The molecule has 13 heteroatoms. The summed E-state index contributed by atoms with van der Waals surface area (Å²) in [6.45, 7) is -0.591. The number of rotatable bonds is 9. The molecule has 0 bridgehead atoms. The fraction of sp³-hybridized carbons (Fsp3) is 0.308. The predicted molar refractivity (Wildman–Crippen MR) is 132 cm³/mol. The normalized spacial score (nSPS) is 21.2. The van der Waals surface area contributed by atoms with E-state index in [9.17, 15) is 33.8 Å². The van der Waals surface area contributed by atoms with Crippen molar-refractivity contribution in [1.29, 1.82) is 0 Å². The van der Waals surface area contributed by atoms with Crippen molar-refractivity contribution in [3.63, 3.8) is 0 Å². The number of alkyl carbamates (subject to hydrolysis) is 1. The zero-order chi connectivity index (χ0) is 27.9. The maximum atomic E-state index is 13.7. The Morgan fingerprint density at radius 1 is 1.00 bits per heavy atom. The molecular formula is C26H26FN3O9. The number of aromatic amines is 1. The van der Waals surface area contributed by atoms with Crippen LogP contribution in [0.15, 0.2) is 76.4 Å². The number of nitrogens with one attached hydrogen (secondary N) is 2. The number of aliphatic hydroxyl groups excluding tert-OH is 2. The molecule has 1 amide bonds. The third kappa shape index (κ3) is 6.96. The molecule has 0 saturated carbocycles. The predicted octanol–water partition coefficient (Wildman–Crippen LogP) is 0.376. The monoisotopic (exact) mass is 543 g/mol. The zero-order valence-electron chi connectivity index (χ0n) is 20.4. The number of benzene rings is 2. The van der Waals surface area contributed by atoms with Gasteiger partial charge in [0.25, 0.3) is 5.56 Å². The molecule has 4 N–H and O–H groups in total. The number of ether oxygens (including phenoxy) is 3. The van der Waals surface area contributed by atoms with Crippen LogP contribution in [0.1, 0.15) is 17.4 Å². The third-order valence-corrected chi connectivity index (χ3v) is 6.00. The summed E-state index contributed by atoms with van der Waals surface area (Å²) in [6.07, 6.45) is -6.46. The van der Waals surface area contributed by atoms with Crippen molar-refractivity contribution >= 4 is 12.1 Å². The van der Waals surface area contributed by atoms with Crippen molar-refractivity contribution in [2.24, 2.45) is 0 Å². The lowest BCUT2D eigenvalue weighted by atomic mass is 10.1. The molecule has 1 aromatic heterocycles. The average molecular weight is 544 g/mol. The molecule has 0 radical (unpaired) electrons. The van der Waals surface area contributed by atoms with Gasteiger partial charge in [-0.05, 0) is 11.1 Å². The second-order valence-electron chi connectivity index (χ2n) is 8.77. The van der Waals surface area contributed by atoms with Crippen LogP contribution < -0.4 is 16.6 Å². The summed E-state index contributed by atoms with van der Waals surface area (Å²) in [5.41, 5.74) is -0.864. The zero-order valence-corrected chi connectivity index (χ0v) is 20.4. The Balaban J connectivity index is 1.40. The van der Waals surface area contributed by atoms with Crippen LogP contribution in [-0.4, -0.2) is 62.8 Å². The Morgan fingerprint density at radius 3 is 2.31 bits per heavy atom. The van der Waals surface area contributed by atoms with Crippen molar-refractivity contribution < 1.29 is 38.4 Å². The maximum Gasteiger partial charge on any atom is 0.408 e. The van der Waals surface area contributed by atoms with E-state index in [2.05, 4.69) is 5.32 Å². The van der Waals surface area contributed by atoms with Crippen molar-refractivity contribution in [2.45, 2.75) is 43.6 Å². The molecule has 12 nitrogen and oxygen atoms in total. The number of hydrogen-bond acceptors (Lipinski definition) is 9. The molecule has 3 aromatic rings. The van der Waals surface area contributed by atoms with Crippen LogP contribution in [0.5, 0.6) is 0 Å². The number of H-pyrrole nitrogens is 1. The number of amides is 1. The molecule has 39 heavy (non-hydrogen) atoms. The Labute approximate surface area is 220 Å². The highest BCUT2D eigenvalue weighted by molar-refractivity contribution is 5.81. The lowest BCUT2D eigenvalue weighted by Crippen LogP contribution is -2.45. The summed E-state index contributed by atoms with van der Waals surface area (Å²) in [5.74, 6) is -2.18. The number of esters is 1. The van der Waals surface area contributed by atoms with Crippen LogP contribution in [0.25, 0.3) is 0 Å². The minimum absolute atomic E-state index is 0.0219. The van der Waals surface area contributed by atoms with Crippen LogP contribution in [0.4, 0.5) is 9.18 Å². The Morgan fingerprint density at radius 2 is 1.64 bits per heavy atom. The van der Waals surface area contributed by atoms with Crippen LogP contribution in [0.2, 0.25) is 0 Å². The average Bonchev–Trinajstić information content (AvgIpc) is 3.22. The van der Waals surface area contributed by atoms with E-state index in [1.54, 1.807) is 59.6 Å². The van der Waals surface area contributed by atoms with Crippen LogP contribution in [-0.2, 0) is 32.0 Å². The quantitative estimate of drug-likeness (QED) is 0.279. The van der Waals surface area contributed by atoms with Gasteiger partial charge in [0.2, 0.25) is 5.82 Å². The van der Waals surface area contributed by atoms with E-state index >= 15 is 0 Å². The Kier molecular flexibility index (Phi) is 8.86. The van der Waals surface area contributed by atoms with Gasteiger partial charge in [0.1, 0.15) is 37.6 Å². The smallest absolute Gasteiger partial charge is 0.408 e. The summed E-state index contributed by atoms with van der Waals surface area (Å²) in [7, 11) is 0. The molecule has 2 unspecified atom stereocenters. The Hall–Kier alpha value is -4.33. The second-order valence-corrected chi connectivity index (χ2v) is 8.77. The molecule has 5 atom stereocenters. The molecular weight excluding hydrogens is 517 g/mol. The van der Waals surface area contributed by atoms with Crippen LogP contribution in [0.3, 0.4) is 0 Å². The van der Waals surface area contributed by atoms with E-state index in [0.29, 0.717) is 10.8 Å². The van der Waals surface area contributed by atoms with Crippen LogP contribution in [0, 0.1) is 5.82 Å². The molecule has 4 rings (SSSR count). The van der Waals surface area contributed by atoms with Crippen molar-refractivity contribution in [3.05, 3.63) is 105 Å². The Bertz CT molecular complexity index is 1400. The van der Waals surface area contributed by atoms with Gasteiger partial charge in [-0.15, -0.1) is 0 Å².